The van der Waals surface area contributed by atoms with Crippen molar-refractivity contribution < 1.29 is 12.8 Å². The zero-order valence-corrected chi connectivity index (χ0v) is 13.3. The Morgan fingerprint density at radius 3 is 2.67 bits per heavy atom. The summed E-state index contributed by atoms with van der Waals surface area (Å²) >= 11 is 1.44. The molecule has 2 N–H and O–H groups in total. The number of nitrogens with zero attached hydrogens (tertiary/aromatic N) is 2. The van der Waals surface area contributed by atoms with E-state index >= 15 is 0 Å². The summed E-state index contributed by atoms with van der Waals surface area (Å²) in [6.45, 7) is 2.10. The van der Waals surface area contributed by atoms with E-state index in [9.17, 15) is 12.8 Å². The van der Waals surface area contributed by atoms with Gasteiger partial charge in [0.15, 0.2) is 0 Å². The van der Waals surface area contributed by atoms with Gasteiger partial charge < -0.3 is 5.73 Å². The van der Waals surface area contributed by atoms with Crippen LogP contribution in [0.1, 0.15) is 16.3 Å². The van der Waals surface area contributed by atoms with Crippen molar-refractivity contribution in [1.82, 2.24) is 9.29 Å². The third-order valence-electron chi connectivity index (χ3n) is 2.97. The highest BCUT2D eigenvalue weighted by atomic mass is 32.2. The zero-order chi connectivity index (χ0) is 15.6. The molecule has 2 rings (SSSR count). The fourth-order valence-corrected chi connectivity index (χ4v) is 3.63. The predicted octanol–water partition coefficient (Wildman–Crippen LogP) is 1.87. The highest BCUT2D eigenvalue weighted by Crippen LogP contribution is 2.21. The Kier molecular flexibility index (Phi) is 4.72. The van der Waals surface area contributed by atoms with E-state index in [1.165, 1.54) is 30.5 Å². The van der Waals surface area contributed by atoms with Gasteiger partial charge in [0.1, 0.15) is 10.7 Å². The lowest BCUT2D eigenvalue weighted by molar-refractivity contribution is 0.456. The van der Waals surface area contributed by atoms with Gasteiger partial charge in [-0.05, 0) is 24.6 Å². The molecule has 1 heterocycles. The van der Waals surface area contributed by atoms with E-state index in [2.05, 4.69) is 4.98 Å². The van der Waals surface area contributed by atoms with Gasteiger partial charge in [-0.15, -0.1) is 11.3 Å². The average Bonchev–Trinajstić information content (AvgIpc) is 2.83. The van der Waals surface area contributed by atoms with Crippen molar-refractivity contribution in [3.63, 3.8) is 0 Å². The van der Waals surface area contributed by atoms with Crippen molar-refractivity contribution in [3.8, 4) is 0 Å². The van der Waals surface area contributed by atoms with Crippen LogP contribution in [0.5, 0.6) is 0 Å². The van der Waals surface area contributed by atoms with Crippen molar-refractivity contribution in [3.05, 3.63) is 45.7 Å². The molecule has 0 radical (unpaired) electrons. The Hall–Kier alpha value is -1.35. The van der Waals surface area contributed by atoms with Crippen LogP contribution in [0.25, 0.3) is 0 Å². The molecule has 114 valence electrons. The van der Waals surface area contributed by atoms with Crippen LogP contribution in [0.3, 0.4) is 0 Å². The summed E-state index contributed by atoms with van der Waals surface area (Å²) in [7, 11) is -2.50. The topological polar surface area (TPSA) is 76.3 Å². The Labute approximate surface area is 127 Å². The molecule has 1 aromatic heterocycles. The van der Waals surface area contributed by atoms with Crippen molar-refractivity contribution in [2.75, 3.05) is 7.05 Å². The lowest BCUT2D eigenvalue weighted by atomic mass is 10.2. The molecule has 0 fully saturated rings. The third kappa shape index (κ3) is 3.46. The van der Waals surface area contributed by atoms with E-state index in [0.717, 1.165) is 15.4 Å². The highest BCUT2D eigenvalue weighted by Gasteiger charge is 2.25. The SMILES string of the molecule is Cc1nc(CN(C)S(=O)(=O)c2ccc(CN)cc2F)cs1. The molecule has 0 saturated heterocycles. The van der Waals surface area contributed by atoms with E-state index in [-0.39, 0.29) is 18.0 Å². The van der Waals surface area contributed by atoms with Gasteiger partial charge in [0, 0.05) is 19.0 Å². The molecule has 0 saturated carbocycles. The van der Waals surface area contributed by atoms with Crippen LogP contribution in [-0.2, 0) is 23.1 Å². The number of aromatic nitrogens is 1. The molecule has 8 heteroatoms. The Bertz CT molecular complexity index is 744. The fraction of sp³-hybridized carbons (Fsp3) is 0.308. The minimum atomic E-state index is -3.90. The van der Waals surface area contributed by atoms with Crippen LogP contribution in [0.2, 0.25) is 0 Å². The van der Waals surface area contributed by atoms with E-state index in [1.807, 2.05) is 6.92 Å². The summed E-state index contributed by atoms with van der Waals surface area (Å²) in [5.74, 6) is -0.792. The largest absolute Gasteiger partial charge is 0.326 e. The van der Waals surface area contributed by atoms with Gasteiger partial charge in [-0.3, -0.25) is 0 Å². The first kappa shape index (κ1) is 16.0. The van der Waals surface area contributed by atoms with E-state index < -0.39 is 15.8 Å². The second-order valence-electron chi connectivity index (χ2n) is 4.59. The van der Waals surface area contributed by atoms with Gasteiger partial charge in [0.05, 0.1) is 17.2 Å². The summed E-state index contributed by atoms with van der Waals surface area (Å²) in [6, 6.07) is 3.90. The van der Waals surface area contributed by atoms with Crippen LogP contribution >= 0.6 is 11.3 Å². The molecular weight excluding hydrogens is 313 g/mol. The number of benzene rings is 1. The molecule has 21 heavy (non-hydrogen) atoms. The normalized spacial score (nSPS) is 12.0. The van der Waals surface area contributed by atoms with Crippen molar-refractivity contribution in [1.29, 1.82) is 0 Å². The van der Waals surface area contributed by atoms with Gasteiger partial charge in [-0.25, -0.2) is 17.8 Å². The second-order valence-corrected chi connectivity index (χ2v) is 7.66. The number of halogens is 1. The van der Waals surface area contributed by atoms with E-state index in [1.54, 1.807) is 5.38 Å². The van der Waals surface area contributed by atoms with Crippen LogP contribution in [0, 0.1) is 12.7 Å². The number of aryl methyl sites for hydroxylation is 1. The number of rotatable bonds is 5. The lowest BCUT2D eigenvalue weighted by Crippen LogP contribution is -2.27. The summed E-state index contributed by atoms with van der Waals surface area (Å²) in [4.78, 5) is 3.86. The summed E-state index contributed by atoms with van der Waals surface area (Å²) in [5, 5.41) is 2.64. The van der Waals surface area contributed by atoms with Crippen LogP contribution < -0.4 is 5.73 Å². The number of hydrogen-bond donors (Lipinski definition) is 1. The Morgan fingerprint density at radius 1 is 1.43 bits per heavy atom. The van der Waals surface area contributed by atoms with E-state index in [4.69, 9.17) is 5.73 Å². The molecule has 0 bridgehead atoms. The van der Waals surface area contributed by atoms with Crippen LogP contribution in [0.4, 0.5) is 4.39 Å². The van der Waals surface area contributed by atoms with Crippen LogP contribution in [-0.4, -0.2) is 24.8 Å². The quantitative estimate of drug-likeness (QED) is 0.908. The van der Waals surface area contributed by atoms with Crippen molar-refractivity contribution in [2.45, 2.75) is 24.9 Å². The fourth-order valence-electron chi connectivity index (χ4n) is 1.84. The van der Waals surface area contributed by atoms with Gasteiger partial charge >= 0.3 is 0 Å². The molecule has 1 aromatic carbocycles. The molecule has 0 spiro atoms. The standard InChI is InChI=1S/C13H16FN3O2S2/c1-9-16-11(8-20-9)7-17(2)21(18,19)13-4-3-10(6-15)5-12(13)14/h3-5,8H,6-7,15H2,1-2H3. The average molecular weight is 329 g/mol. The smallest absolute Gasteiger partial charge is 0.246 e. The molecule has 0 unspecified atom stereocenters. The van der Waals surface area contributed by atoms with Gasteiger partial charge in [0.25, 0.3) is 0 Å². The zero-order valence-electron chi connectivity index (χ0n) is 11.7. The Balaban J connectivity index is 2.28. The third-order valence-corrected chi connectivity index (χ3v) is 5.63. The summed E-state index contributed by atoms with van der Waals surface area (Å²) in [6.07, 6.45) is 0. The monoisotopic (exact) mass is 329 g/mol. The molecular formula is C13H16FN3O2S2. The van der Waals surface area contributed by atoms with Crippen LogP contribution in [0.15, 0.2) is 28.5 Å². The molecule has 2 aromatic rings. The minimum Gasteiger partial charge on any atom is -0.326 e. The minimum absolute atomic E-state index is 0.102. The van der Waals surface area contributed by atoms with Gasteiger partial charge in [-0.1, -0.05) is 6.07 Å². The first-order valence-electron chi connectivity index (χ1n) is 6.20. The molecule has 0 amide bonds. The first-order chi connectivity index (χ1) is 9.84. The maximum atomic E-state index is 14.0. The van der Waals surface area contributed by atoms with Crippen molar-refractivity contribution in [2.24, 2.45) is 5.73 Å². The molecule has 0 atom stereocenters. The first-order valence-corrected chi connectivity index (χ1v) is 8.52. The number of hydrogen-bond acceptors (Lipinski definition) is 5. The lowest BCUT2D eigenvalue weighted by Gasteiger charge is -2.16. The number of sulfonamides is 1. The molecule has 0 aliphatic carbocycles. The second kappa shape index (κ2) is 6.18. The molecule has 0 aliphatic heterocycles. The van der Waals surface area contributed by atoms with Gasteiger partial charge in [0.2, 0.25) is 10.0 Å². The number of nitrogens with two attached hydrogens (primary N) is 1. The predicted molar refractivity (Wildman–Crippen MR) is 79.8 cm³/mol. The molecule has 0 aliphatic rings. The highest BCUT2D eigenvalue weighted by molar-refractivity contribution is 7.89. The Morgan fingerprint density at radius 2 is 2.14 bits per heavy atom. The van der Waals surface area contributed by atoms with Crippen molar-refractivity contribution >= 4 is 21.4 Å². The molecule has 5 nitrogen and oxygen atoms in total. The van der Waals surface area contributed by atoms with E-state index in [0.29, 0.717) is 11.3 Å². The maximum absolute atomic E-state index is 14.0. The number of thiazole rings is 1. The van der Waals surface area contributed by atoms with Gasteiger partial charge in [-0.2, -0.15) is 4.31 Å². The summed E-state index contributed by atoms with van der Waals surface area (Å²) < 4.78 is 39.8. The maximum Gasteiger partial charge on any atom is 0.246 e. The summed E-state index contributed by atoms with van der Waals surface area (Å²) in [5.41, 5.74) is 6.60.